The molecule has 9 nitrogen and oxygen atoms in total. The van der Waals surface area contributed by atoms with Crippen molar-refractivity contribution in [3.05, 3.63) is 81.4 Å². The predicted octanol–water partition coefficient (Wildman–Crippen LogP) is 4.57. The van der Waals surface area contributed by atoms with Crippen LogP contribution in [-0.4, -0.2) is 55.8 Å². The Kier molecular flexibility index (Phi) is 6.45. The lowest BCUT2D eigenvalue weighted by Gasteiger charge is -2.35. The summed E-state index contributed by atoms with van der Waals surface area (Å²) >= 11 is 1.19. The van der Waals surface area contributed by atoms with Gasteiger partial charge in [-0.05, 0) is 54.8 Å². The van der Waals surface area contributed by atoms with Crippen molar-refractivity contribution in [2.75, 3.05) is 26.2 Å². The van der Waals surface area contributed by atoms with Crippen molar-refractivity contribution in [3.8, 4) is 11.5 Å². The highest BCUT2D eigenvalue weighted by atomic mass is 32.1. The molecule has 1 aromatic heterocycles. The van der Waals surface area contributed by atoms with Gasteiger partial charge >= 0.3 is 5.97 Å². The number of aryl methyl sites for hydroxylation is 1. The van der Waals surface area contributed by atoms with Crippen LogP contribution in [0.4, 0.5) is 5.00 Å². The molecule has 4 heterocycles. The Morgan fingerprint density at radius 2 is 1.66 bits per heavy atom. The van der Waals surface area contributed by atoms with E-state index in [1.807, 2.05) is 42.2 Å². The van der Waals surface area contributed by atoms with Gasteiger partial charge in [0.05, 0.1) is 50.3 Å². The molecule has 0 bridgehead atoms. The number of carbonyl (C=O) groups is 4. The monoisotopic (exact) mass is 572 g/mol. The molecule has 6 rings (SSSR count). The first-order valence-electron chi connectivity index (χ1n) is 13.1. The van der Waals surface area contributed by atoms with Gasteiger partial charge < -0.3 is 19.1 Å². The molecule has 3 aliphatic heterocycles. The van der Waals surface area contributed by atoms with Gasteiger partial charge in [0, 0.05) is 11.1 Å². The molecule has 0 spiro atoms. The maximum absolute atomic E-state index is 14.4. The number of methoxy groups -OCH3 is 3. The van der Waals surface area contributed by atoms with E-state index in [1.54, 1.807) is 31.3 Å². The fourth-order valence-electron chi connectivity index (χ4n) is 6.33. The number of Topliss-reactive ketones (excluding diaryl/α,β-unsaturated/α-hetero) is 1. The van der Waals surface area contributed by atoms with Crippen LogP contribution in [0.2, 0.25) is 0 Å². The van der Waals surface area contributed by atoms with E-state index in [-0.39, 0.29) is 21.9 Å². The Morgan fingerprint density at radius 3 is 2.37 bits per heavy atom. The fraction of sp³-hybridized carbons (Fsp3) is 0.290. The van der Waals surface area contributed by atoms with Gasteiger partial charge in [0.15, 0.2) is 5.78 Å². The molecule has 0 radical (unpaired) electrons. The number of hydrogen-bond acceptors (Lipinski definition) is 9. The Bertz CT molecular complexity index is 1660. The number of rotatable bonds is 6. The molecular formula is C31H28N2O7S. The van der Waals surface area contributed by atoms with Gasteiger partial charge in [0.2, 0.25) is 11.8 Å². The van der Waals surface area contributed by atoms with Crippen LogP contribution in [0.5, 0.6) is 11.5 Å². The number of ketones is 1. The molecule has 0 saturated carbocycles. The van der Waals surface area contributed by atoms with Crippen molar-refractivity contribution in [3.63, 3.8) is 0 Å². The number of ether oxygens (including phenoxy) is 3. The molecule has 0 N–H and O–H groups in total. The van der Waals surface area contributed by atoms with E-state index in [2.05, 4.69) is 0 Å². The normalized spacial score (nSPS) is 22.4. The summed E-state index contributed by atoms with van der Waals surface area (Å²) in [6, 6.07) is 11.0. The second-order valence-corrected chi connectivity index (χ2v) is 11.4. The predicted molar refractivity (Wildman–Crippen MR) is 152 cm³/mol. The third kappa shape index (κ3) is 3.81. The first-order chi connectivity index (χ1) is 19.7. The second kappa shape index (κ2) is 9.88. The molecule has 2 aromatic carbocycles. The average Bonchev–Trinajstić information content (AvgIpc) is 3.58. The van der Waals surface area contributed by atoms with E-state index in [1.165, 1.54) is 32.7 Å². The van der Waals surface area contributed by atoms with E-state index < -0.39 is 41.7 Å². The quantitative estimate of drug-likeness (QED) is 0.241. The minimum absolute atomic E-state index is 0.190. The van der Waals surface area contributed by atoms with Crippen LogP contribution in [0.25, 0.3) is 6.08 Å². The van der Waals surface area contributed by atoms with Gasteiger partial charge in [-0.3, -0.25) is 14.4 Å². The molecule has 2 amide bonds. The summed E-state index contributed by atoms with van der Waals surface area (Å²) in [5.74, 6) is -3.01. The maximum Gasteiger partial charge on any atom is 0.341 e. The molecule has 41 heavy (non-hydrogen) atoms. The standard InChI is InChI=1S/C31H28N2O7S/c1-15-16(2)41-30(22(15)31(37)40-5)33-28(35)23-24(29(33)36)26(27(34)20-14-18(38-3)10-11-21(20)39-4)32-13-12-17-8-6-7-9-19(17)25(23)32/h6-14,23-26H,1-5H3/t23-,24+,25-,26-/m0/s1. The first kappa shape index (κ1) is 26.8. The van der Waals surface area contributed by atoms with E-state index in [4.69, 9.17) is 14.2 Å². The summed E-state index contributed by atoms with van der Waals surface area (Å²) in [5.41, 5.74) is 2.86. The highest BCUT2D eigenvalue weighted by Crippen LogP contribution is 2.55. The summed E-state index contributed by atoms with van der Waals surface area (Å²) in [6.45, 7) is 3.59. The summed E-state index contributed by atoms with van der Waals surface area (Å²) in [6.07, 6.45) is 3.69. The van der Waals surface area contributed by atoms with E-state index in [9.17, 15) is 19.2 Å². The largest absolute Gasteiger partial charge is 0.497 e. The summed E-state index contributed by atoms with van der Waals surface area (Å²) in [5, 5.41) is 0.229. The third-order valence-corrected chi connectivity index (χ3v) is 9.55. The second-order valence-electron chi connectivity index (χ2n) is 10.2. The van der Waals surface area contributed by atoms with Gasteiger partial charge in [-0.25, -0.2) is 9.69 Å². The molecule has 3 aromatic rings. The number of thiophene rings is 1. The number of anilines is 1. The number of benzene rings is 2. The number of esters is 1. The van der Waals surface area contributed by atoms with Crippen LogP contribution >= 0.6 is 11.3 Å². The minimum atomic E-state index is -1.00. The Labute approximate surface area is 240 Å². The lowest BCUT2D eigenvalue weighted by atomic mass is 9.83. The summed E-state index contributed by atoms with van der Waals surface area (Å²) in [4.78, 5) is 59.6. The Balaban J connectivity index is 1.53. The van der Waals surface area contributed by atoms with Crippen LogP contribution < -0.4 is 14.4 Å². The van der Waals surface area contributed by atoms with Crippen molar-refractivity contribution in [1.29, 1.82) is 0 Å². The van der Waals surface area contributed by atoms with Crippen molar-refractivity contribution < 1.29 is 33.4 Å². The van der Waals surface area contributed by atoms with Gasteiger partial charge in [-0.2, -0.15) is 0 Å². The van der Waals surface area contributed by atoms with Crippen LogP contribution in [0.3, 0.4) is 0 Å². The zero-order valence-corrected chi connectivity index (χ0v) is 24.0. The lowest BCUT2D eigenvalue weighted by Crippen LogP contribution is -2.44. The van der Waals surface area contributed by atoms with Crippen molar-refractivity contribution in [2.45, 2.75) is 25.9 Å². The SMILES string of the molecule is COC(=O)c1c(N2C(=O)[C@@H]3[C@H](C2=O)[C@@H]2c4ccccc4C=CN2[C@@H]3C(=O)c2cc(OC)ccc2OC)sc(C)c1C. The molecule has 10 heteroatoms. The smallest absolute Gasteiger partial charge is 0.341 e. The number of amides is 2. The number of fused-ring (bicyclic) bond motifs is 5. The van der Waals surface area contributed by atoms with Gasteiger partial charge in [0.25, 0.3) is 0 Å². The molecule has 2 fully saturated rings. The van der Waals surface area contributed by atoms with Crippen molar-refractivity contribution in [1.82, 2.24) is 4.90 Å². The van der Waals surface area contributed by atoms with Crippen LogP contribution in [-0.2, 0) is 14.3 Å². The molecular weight excluding hydrogens is 544 g/mol. The topological polar surface area (TPSA) is 102 Å². The fourth-order valence-corrected chi connectivity index (χ4v) is 7.49. The van der Waals surface area contributed by atoms with Crippen LogP contribution in [0.15, 0.2) is 48.7 Å². The highest BCUT2D eigenvalue weighted by molar-refractivity contribution is 7.17. The van der Waals surface area contributed by atoms with Crippen LogP contribution in [0, 0.1) is 25.7 Å². The number of nitrogens with zero attached hydrogens (tertiary/aromatic N) is 2. The summed E-state index contributed by atoms with van der Waals surface area (Å²) < 4.78 is 15.9. The molecule has 0 aliphatic carbocycles. The molecule has 210 valence electrons. The van der Waals surface area contributed by atoms with E-state index in [0.717, 1.165) is 20.9 Å². The molecule has 0 unspecified atom stereocenters. The first-order valence-corrected chi connectivity index (χ1v) is 13.9. The van der Waals surface area contributed by atoms with Crippen molar-refractivity contribution >= 4 is 46.0 Å². The van der Waals surface area contributed by atoms with Crippen LogP contribution in [0.1, 0.15) is 48.3 Å². The van der Waals surface area contributed by atoms with Gasteiger partial charge in [-0.15, -0.1) is 11.3 Å². The number of hydrogen-bond donors (Lipinski definition) is 0. The zero-order valence-electron chi connectivity index (χ0n) is 23.2. The molecule has 4 atom stereocenters. The Hall–Kier alpha value is -4.44. The Morgan fingerprint density at radius 1 is 0.927 bits per heavy atom. The van der Waals surface area contributed by atoms with Crippen molar-refractivity contribution in [2.24, 2.45) is 11.8 Å². The third-order valence-electron chi connectivity index (χ3n) is 8.36. The average molecular weight is 573 g/mol. The van der Waals surface area contributed by atoms with E-state index >= 15 is 0 Å². The van der Waals surface area contributed by atoms with Gasteiger partial charge in [0.1, 0.15) is 22.5 Å². The molecule has 3 aliphatic rings. The summed E-state index contributed by atoms with van der Waals surface area (Å²) in [7, 11) is 4.24. The molecule has 2 saturated heterocycles. The lowest BCUT2D eigenvalue weighted by molar-refractivity contribution is -0.123. The number of imide groups is 1. The zero-order chi connectivity index (χ0) is 29.2. The maximum atomic E-state index is 14.4. The van der Waals surface area contributed by atoms with E-state index in [0.29, 0.717) is 17.1 Å². The minimum Gasteiger partial charge on any atom is -0.497 e. The number of carbonyl (C=O) groups excluding carboxylic acids is 4. The van der Waals surface area contributed by atoms with Gasteiger partial charge in [-0.1, -0.05) is 24.3 Å². The highest BCUT2D eigenvalue weighted by Gasteiger charge is 2.65.